The number of nitrogens with one attached hydrogen (secondary N) is 7. The molecule has 12 atom stereocenters. The van der Waals surface area contributed by atoms with Gasteiger partial charge in [0.05, 0.1) is 51.0 Å². The van der Waals surface area contributed by atoms with Crippen molar-refractivity contribution >= 4 is 94.7 Å². The van der Waals surface area contributed by atoms with Gasteiger partial charge in [-0.1, -0.05) is 12.1 Å². The molecule has 0 aromatic heterocycles. The number of aliphatic hydroxyl groups excluding tert-OH is 3. The van der Waals surface area contributed by atoms with Gasteiger partial charge in [-0.3, -0.25) is 72.1 Å². The molecule has 19 N–H and O–H groups in total. The van der Waals surface area contributed by atoms with Crippen molar-refractivity contribution in [3.8, 4) is 5.75 Å². The zero-order valence-corrected chi connectivity index (χ0v) is 53.8. The second-order valence-corrected chi connectivity index (χ2v) is 24.9. The number of phenols is 1. The fourth-order valence-electron chi connectivity index (χ4n) is 13.1. The summed E-state index contributed by atoms with van der Waals surface area (Å²) in [6.07, 6.45) is -3.95. The Morgan fingerprint density at radius 3 is 1.44 bits per heavy atom. The monoisotopic (exact) mass is 1380 g/mol. The van der Waals surface area contributed by atoms with Gasteiger partial charge in [0.1, 0.15) is 60.1 Å². The molecule has 13 amide bonds. The predicted octanol–water partition coefficient (Wildman–Crippen LogP) is -9.33. The zero-order chi connectivity index (χ0) is 71.7. The van der Waals surface area contributed by atoms with Crippen molar-refractivity contribution in [2.24, 2.45) is 22.2 Å². The second kappa shape index (κ2) is 34.9. The number of aliphatic hydroxyl groups is 3. The maximum Gasteiger partial charge on any atom is 0.326 e. The number of carbonyl (C=O) groups is 15. The molecule has 3 unspecified atom stereocenters. The first-order valence-corrected chi connectivity index (χ1v) is 32.4. The lowest BCUT2D eigenvalue weighted by Gasteiger charge is -2.32. The Bertz CT molecular complexity index is 3210. The lowest BCUT2D eigenvalue weighted by Crippen LogP contribution is -2.57. The second-order valence-electron chi connectivity index (χ2n) is 24.9. The largest absolute Gasteiger partial charge is 0.508 e. The van der Waals surface area contributed by atoms with Crippen LogP contribution in [0, 0.1) is 0 Å². The number of phenolic OH excluding ortho intramolecular Hbond substituents is 1. The van der Waals surface area contributed by atoms with Gasteiger partial charge in [0.25, 0.3) is 0 Å². The number of nitrogens with two attached hydrogens (primary N) is 3. The van der Waals surface area contributed by atoms with Crippen LogP contribution in [-0.4, -0.2) is 306 Å². The number of carboxylic acid groups (broad SMARTS) is 2. The third-order valence-electron chi connectivity index (χ3n) is 17.9. The molecular formula is C60H87N17O21. The Hall–Kier alpha value is -9.82. The summed E-state index contributed by atoms with van der Waals surface area (Å²) in [5, 5.41) is 77.7. The minimum absolute atomic E-state index is 0.0299. The van der Waals surface area contributed by atoms with Crippen molar-refractivity contribution in [3.63, 3.8) is 0 Å². The van der Waals surface area contributed by atoms with E-state index >= 15 is 0 Å². The molecule has 0 spiro atoms. The van der Waals surface area contributed by atoms with E-state index in [9.17, 15) is 103 Å². The fraction of sp³-hybridized carbons (Fsp3) is 0.633. The van der Waals surface area contributed by atoms with Crippen LogP contribution in [0.25, 0.3) is 0 Å². The highest BCUT2D eigenvalue weighted by Gasteiger charge is 2.48. The van der Waals surface area contributed by atoms with Gasteiger partial charge in [0.15, 0.2) is 5.96 Å². The van der Waals surface area contributed by atoms with Gasteiger partial charge in [-0.05, 0) is 75.5 Å². The summed E-state index contributed by atoms with van der Waals surface area (Å²) in [7, 11) is 0. The molecule has 7 rings (SSSR count). The standard InChI is InChI=1S/C60H87N17O21/c61-23-47(84)72-16-2-6-39(72)55(93)71-36(5-1-15-64-60(62)63)51(89)67-26-48(85)73-17-3-7-40(73)58(96)77-30-35(81)22-44(77)54(92)68-27-49(86)74-18-4-8-41(74)57(95)76-29-34(80)21-43(76)53(91)65-24-45(82)69-37(13-14-50(87)88)56(94)75-28-33(79)20-42(75)52(90)66-25-46(83)70-38(59(97)98)19-31-9-11-32(78)12-10-31/h9-12,33-44,78-81H,1-8,13-30,61H2,(H,65,91)(H,66,90)(H,67,89)(H,68,92)(H,69,82)(H,70,83)(H,71,93)(H,87,88)(H,97,98)(H4,62,63,64)/t33?,34?,35?,36-,37-,38-,39-,40-,41-,42-,43-,44-/m0/s1. The molecule has 98 heavy (non-hydrogen) atoms. The number of hydrogen-bond acceptors (Lipinski definition) is 21. The number of amides is 13. The van der Waals surface area contributed by atoms with Crippen LogP contribution in [-0.2, 0) is 78.3 Å². The highest BCUT2D eigenvalue weighted by molar-refractivity contribution is 5.99. The number of aliphatic carboxylic acids is 2. The molecule has 38 heteroatoms. The van der Waals surface area contributed by atoms with Crippen LogP contribution >= 0.6 is 0 Å². The molecule has 0 saturated carbocycles. The lowest BCUT2D eigenvalue weighted by atomic mass is 10.1. The highest BCUT2D eigenvalue weighted by Crippen LogP contribution is 2.29. The first-order chi connectivity index (χ1) is 46.5. The fourth-order valence-corrected chi connectivity index (χ4v) is 13.1. The first kappa shape index (κ1) is 75.6. The van der Waals surface area contributed by atoms with E-state index < -0.39 is 207 Å². The zero-order valence-electron chi connectivity index (χ0n) is 53.8. The van der Waals surface area contributed by atoms with Gasteiger partial charge < -0.3 is 114 Å². The van der Waals surface area contributed by atoms with E-state index in [1.54, 1.807) is 0 Å². The molecule has 6 aliphatic heterocycles. The van der Waals surface area contributed by atoms with E-state index in [4.69, 9.17) is 17.2 Å². The molecular weight excluding hydrogens is 1290 g/mol. The Kier molecular flexibility index (Phi) is 26.9. The molecule has 1 aromatic rings. The number of hydrogen-bond donors (Lipinski definition) is 16. The van der Waals surface area contributed by atoms with E-state index in [1.165, 1.54) is 39.0 Å². The van der Waals surface area contributed by atoms with Crippen molar-refractivity contribution < 1.29 is 103 Å². The summed E-state index contributed by atoms with van der Waals surface area (Å²) in [6.45, 7) is -3.84. The number of aromatic hydroxyl groups is 1. The van der Waals surface area contributed by atoms with Crippen LogP contribution in [0.1, 0.15) is 89.0 Å². The van der Waals surface area contributed by atoms with E-state index in [1.807, 2.05) is 0 Å². The Labute approximate surface area is 561 Å². The van der Waals surface area contributed by atoms with Crippen molar-refractivity contribution in [1.82, 2.24) is 66.6 Å². The maximum atomic E-state index is 14.3. The van der Waals surface area contributed by atoms with Crippen LogP contribution in [0.3, 0.4) is 0 Å². The SMILES string of the molecule is NCC(=O)N1CCC[C@H]1C(=O)N[C@@H](CCCN=C(N)N)C(=O)NCC(=O)N1CCC[C@H]1C(=O)N1CC(O)C[C@H]1C(=O)NCC(=O)N1CCC[C@H]1C(=O)N1CC(O)C[C@H]1C(=O)NCC(=O)N[C@@H](CCC(=O)O)C(=O)N1CC(O)C[C@H]1C(=O)NCC(=O)N[C@@H](Cc1ccc(O)cc1)C(=O)O. The first-order valence-electron chi connectivity index (χ1n) is 32.4. The minimum atomic E-state index is -1.66. The number of aliphatic imine (C=N–C) groups is 1. The molecule has 1 aromatic carbocycles. The number of carboxylic acids is 2. The van der Waals surface area contributed by atoms with Crippen molar-refractivity contribution in [1.29, 1.82) is 0 Å². The minimum Gasteiger partial charge on any atom is -0.508 e. The van der Waals surface area contributed by atoms with Gasteiger partial charge in [-0.25, -0.2) is 4.79 Å². The molecule has 0 aliphatic carbocycles. The number of likely N-dealkylation sites (tertiary alicyclic amines) is 6. The van der Waals surface area contributed by atoms with E-state index in [2.05, 4.69) is 42.2 Å². The molecule has 0 bridgehead atoms. The summed E-state index contributed by atoms with van der Waals surface area (Å²) < 4.78 is 0. The molecule has 538 valence electrons. The molecule has 6 heterocycles. The number of rotatable bonds is 30. The third-order valence-corrected chi connectivity index (χ3v) is 17.9. The summed E-state index contributed by atoms with van der Waals surface area (Å²) in [5.74, 6) is -13.4. The van der Waals surface area contributed by atoms with Gasteiger partial charge in [-0.2, -0.15) is 0 Å². The number of β-amino-alcohol motifs (C(OH)–C–C–N with tert-alkyl or cyclic N) is 3. The van der Waals surface area contributed by atoms with Crippen LogP contribution in [0.4, 0.5) is 0 Å². The summed E-state index contributed by atoms with van der Waals surface area (Å²) >= 11 is 0. The third kappa shape index (κ3) is 20.1. The lowest BCUT2D eigenvalue weighted by molar-refractivity contribution is -0.148. The van der Waals surface area contributed by atoms with Gasteiger partial charge in [-0.15, -0.1) is 0 Å². The summed E-state index contributed by atoms with van der Waals surface area (Å²) in [6, 6.07) is -6.08. The van der Waals surface area contributed by atoms with Gasteiger partial charge in [0.2, 0.25) is 76.8 Å². The van der Waals surface area contributed by atoms with Gasteiger partial charge >= 0.3 is 11.9 Å². The summed E-state index contributed by atoms with van der Waals surface area (Å²) in [5.41, 5.74) is 16.9. The van der Waals surface area contributed by atoms with Crippen LogP contribution in [0.2, 0.25) is 0 Å². The molecule has 0 radical (unpaired) electrons. The molecule has 6 fully saturated rings. The molecule has 6 saturated heterocycles. The van der Waals surface area contributed by atoms with Crippen LogP contribution < -0.4 is 54.4 Å². The predicted molar refractivity (Wildman–Crippen MR) is 336 cm³/mol. The van der Waals surface area contributed by atoms with Crippen molar-refractivity contribution in [2.75, 3.05) is 78.5 Å². The van der Waals surface area contributed by atoms with E-state index in [0.717, 1.165) is 14.7 Å². The van der Waals surface area contributed by atoms with E-state index in [0.29, 0.717) is 37.8 Å². The van der Waals surface area contributed by atoms with Crippen LogP contribution in [0.15, 0.2) is 29.3 Å². The molecule has 38 nitrogen and oxygen atoms in total. The smallest absolute Gasteiger partial charge is 0.326 e. The topological polar surface area (TPSA) is 572 Å². The quantitative estimate of drug-likeness (QED) is 0.0193. The maximum absolute atomic E-state index is 14.3. The molecule has 6 aliphatic rings. The highest BCUT2D eigenvalue weighted by atomic mass is 16.4. The number of benzene rings is 1. The Morgan fingerprint density at radius 2 is 0.959 bits per heavy atom. The van der Waals surface area contributed by atoms with Crippen molar-refractivity contribution in [3.05, 3.63) is 29.8 Å². The average molecular weight is 1380 g/mol. The van der Waals surface area contributed by atoms with Crippen molar-refractivity contribution in [2.45, 2.75) is 163 Å². The van der Waals surface area contributed by atoms with Crippen LogP contribution in [0.5, 0.6) is 5.75 Å². The number of carbonyl (C=O) groups excluding carboxylic acids is 13. The Balaban J connectivity index is 0.893. The van der Waals surface area contributed by atoms with Gasteiger partial charge in [0, 0.05) is 77.9 Å². The summed E-state index contributed by atoms with van der Waals surface area (Å²) in [4.78, 5) is 211. The normalized spacial score (nSPS) is 23.6. The average Bonchev–Trinajstić information content (AvgIpc) is 1.66. The number of nitrogens with zero attached hydrogens (tertiary/aromatic N) is 7. The number of guanidine groups is 1. The Morgan fingerprint density at radius 1 is 0.510 bits per heavy atom. The van der Waals surface area contributed by atoms with E-state index in [-0.39, 0.29) is 102 Å².